The van der Waals surface area contributed by atoms with E-state index in [1.165, 1.54) is 7.11 Å². The maximum Gasteiger partial charge on any atom is 0.244 e. The van der Waals surface area contributed by atoms with E-state index >= 15 is 0 Å². The first-order chi connectivity index (χ1) is 12.7. The first-order valence-corrected chi connectivity index (χ1v) is 10.1. The molecule has 1 atom stereocenters. The molecule has 0 bridgehead atoms. The lowest BCUT2D eigenvalue weighted by molar-refractivity contribution is 0.183. The number of aromatic nitrogens is 1. The Balaban J connectivity index is 1.86. The van der Waals surface area contributed by atoms with E-state index < -0.39 is 16.1 Å². The second kappa shape index (κ2) is 7.34. The highest BCUT2D eigenvalue weighted by molar-refractivity contribution is 7.89. The van der Waals surface area contributed by atoms with Crippen molar-refractivity contribution >= 4 is 20.9 Å². The van der Waals surface area contributed by atoms with E-state index in [4.69, 9.17) is 4.74 Å². The van der Waals surface area contributed by atoms with Crippen molar-refractivity contribution in [1.82, 2.24) is 9.29 Å². The summed E-state index contributed by atoms with van der Waals surface area (Å²) in [6, 6.07) is 11.0. The van der Waals surface area contributed by atoms with Crippen molar-refractivity contribution in [3.8, 4) is 5.75 Å². The van der Waals surface area contributed by atoms with Crippen molar-refractivity contribution in [3.63, 3.8) is 0 Å². The zero-order valence-corrected chi connectivity index (χ0v) is 16.7. The van der Waals surface area contributed by atoms with Crippen molar-refractivity contribution in [3.05, 3.63) is 59.3 Å². The molecule has 0 saturated heterocycles. The van der Waals surface area contributed by atoms with Gasteiger partial charge < -0.3 is 14.4 Å². The van der Waals surface area contributed by atoms with Crippen LogP contribution in [0.4, 0.5) is 0 Å². The third-order valence-corrected chi connectivity index (χ3v) is 6.27. The maximum atomic E-state index is 12.8. The number of aryl methyl sites for hydroxylation is 3. The number of methoxy groups -OCH3 is 1. The Morgan fingerprint density at radius 3 is 2.56 bits per heavy atom. The molecule has 0 spiro atoms. The van der Waals surface area contributed by atoms with Crippen LogP contribution >= 0.6 is 0 Å². The third kappa shape index (κ3) is 3.71. The molecule has 0 aliphatic carbocycles. The molecule has 2 N–H and O–H groups in total. The van der Waals surface area contributed by atoms with Crippen LogP contribution in [0.25, 0.3) is 10.9 Å². The highest BCUT2D eigenvalue weighted by Crippen LogP contribution is 2.29. The molecule has 0 aliphatic heterocycles. The summed E-state index contributed by atoms with van der Waals surface area (Å²) in [7, 11) is -0.504. The topological polar surface area (TPSA) is 80.6 Å². The van der Waals surface area contributed by atoms with Gasteiger partial charge in [0.25, 0.3) is 0 Å². The first-order valence-electron chi connectivity index (χ1n) is 8.61. The summed E-state index contributed by atoms with van der Waals surface area (Å²) in [6.45, 7) is 3.61. The monoisotopic (exact) mass is 388 g/mol. The average molecular weight is 388 g/mol. The Morgan fingerprint density at radius 1 is 1.19 bits per heavy atom. The molecule has 0 fully saturated rings. The lowest BCUT2D eigenvalue weighted by Gasteiger charge is -2.15. The van der Waals surface area contributed by atoms with Crippen LogP contribution in [0.3, 0.4) is 0 Å². The van der Waals surface area contributed by atoms with Gasteiger partial charge in [0.1, 0.15) is 10.6 Å². The fourth-order valence-corrected chi connectivity index (χ4v) is 4.42. The Labute approximate surface area is 159 Å². The summed E-state index contributed by atoms with van der Waals surface area (Å²) < 4.78 is 35.2. The van der Waals surface area contributed by atoms with Crippen LogP contribution in [0.2, 0.25) is 0 Å². The molecule has 3 rings (SSSR count). The highest BCUT2D eigenvalue weighted by atomic mass is 32.2. The summed E-state index contributed by atoms with van der Waals surface area (Å²) in [5, 5.41) is 11.5. The zero-order chi connectivity index (χ0) is 19.8. The molecule has 1 heterocycles. The van der Waals surface area contributed by atoms with E-state index in [1.807, 2.05) is 55.9 Å². The van der Waals surface area contributed by atoms with Gasteiger partial charge in [-0.1, -0.05) is 18.2 Å². The molecular weight excluding hydrogens is 364 g/mol. The van der Waals surface area contributed by atoms with E-state index in [-0.39, 0.29) is 17.2 Å². The number of hydrogen-bond acceptors (Lipinski definition) is 4. The van der Waals surface area contributed by atoms with Gasteiger partial charge in [0.15, 0.2) is 0 Å². The van der Waals surface area contributed by atoms with Crippen LogP contribution in [-0.4, -0.2) is 31.7 Å². The van der Waals surface area contributed by atoms with Crippen LogP contribution in [0.5, 0.6) is 5.75 Å². The van der Waals surface area contributed by atoms with Gasteiger partial charge in [-0.05, 0) is 43.2 Å². The number of aliphatic hydroxyl groups excluding tert-OH is 1. The number of sulfonamides is 1. The molecule has 2 aromatic carbocycles. The third-order valence-electron chi connectivity index (χ3n) is 4.82. The number of fused-ring (bicyclic) bond motifs is 1. The van der Waals surface area contributed by atoms with E-state index in [2.05, 4.69) is 4.72 Å². The molecule has 27 heavy (non-hydrogen) atoms. The van der Waals surface area contributed by atoms with Gasteiger partial charge in [-0.25, -0.2) is 13.1 Å². The van der Waals surface area contributed by atoms with Gasteiger partial charge >= 0.3 is 0 Å². The maximum absolute atomic E-state index is 12.8. The molecule has 0 amide bonds. The number of rotatable bonds is 6. The van der Waals surface area contributed by atoms with E-state index in [0.29, 0.717) is 5.56 Å². The zero-order valence-electron chi connectivity index (χ0n) is 15.9. The SMILES string of the molecule is COc1cc(C)c(C)cc1S(=O)(=O)NC[C@@H](O)c1cn(C)c2ccccc12. The minimum absolute atomic E-state index is 0.0678. The number of hydrogen-bond donors (Lipinski definition) is 2. The fourth-order valence-electron chi connectivity index (χ4n) is 3.15. The predicted molar refractivity (Wildman–Crippen MR) is 106 cm³/mol. The smallest absolute Gasteiger partial charge is 0.244 e. The van der Waals surface area contributed by atoms with Crippen LogP contribution in [0, 0.1) is 13.8 Å². The Hall–Kier alpha value is -2.35. The number of benzene rings is 2. The summed E-state index contributed by atoms with van der Waals surface area (Å²) in [5.74, 6) is 0.283. The van der Waals surface area contributed by atoms with E-state index in [9.17, 15) is 13.5 Å². The van der Waals surface area contributed by atoms with Crippen molar-refractivity contribution in [2.45, 2.75) is 24.8 Å². The van der Waals surface area contributed by atoms with Crippen LogP contribution in [0.15, 0.2) is 47.5 Å². The van der Waals surface area contributed by atoms with Crippen molar-refractivity contribution < 1.29 is 18.3 Å². The lowest BCUT2D eigenvalue weighted by Crippen LogP contribution is -2.29. The standard InChI is InChI=1S/C20H24N2O4S/c1-13-9-19(26-4)20(10-14(13)2)27(24,25)21-11-18(23)16-12-22(3)17-8-6-5-7-15(16)17/h5-10,12,18,21,23H,11H2,1-4H3/t18-/m1/s1. The van der Waals surface area contributed by atoms with Gasteiger partial charge in [0.2, 0.25) is 10.0 Å². The molecule has 0 unspecified atom stereocenters. The van der Waals surface area contributed by atoms with Gasteiger partial charge in [-0.15, -0.1) is 0 Å². The van der Waals surface area contributed by atoms with Crippen molar-refractivity contribution in [1.29, 1.82) is 0 Å². The van der Waals surface area contributed by atoms with Gasteiger partial charge in [0.05, 0.1) is 13.2 Å². The van der Waals surface area contributed by atoms with E-state index in [1.54, 1.807) is 12.1 Å². The average Bonchev–Trinajstić information content (AvgIpc) is 2.99. The predicted octanol–water partition coefficient (Wildman–Crippen LogP) is 2.82. The Morgan fingerprint density at radius 2 is 1.85 bits per heavy atom. The second-order valence-electron chi connectivity index (χ2n) is 6.67. The summed E-state index contributed by atoms with van der Waals surface area (Å²) in [4.78, 5) is 0.0678. The number of nitrogens with zero attached hydrogens (tertiary/aromatic N) is 1. The van der Waals surface area contributed by atoms with E-state index in [0.717, 1.165) is 22.0 Å². The quantitative estimate of drug-likeness (QED) is 0.680. The molecular formula is C20H24N2O4S. The largest absolute Gasteiger partial charge is 0.495 e. The summed E-state index contributed by atoms with van der Waals surface area (Å²) >= 11 is 0. The highest BCUT2D eigenvalue weighted by Gasteiger charge is 2.23. The van der Waals surface area contributed by atoms with Gasteiger partial charge in [0, 0.05) is 36.3 Å². The molecule has 0 radical (unpaired) electrons. The van der Waals surface area contributed by atoms with Crippen LogP contribution in [-0.2, 0) is 17.1 Å². The minimum atomic E-state index is -3.83. The normalized spacial score (nSPS) is 13.1. The number of para-hydroxylation sites is 1. The molecule has 144 valence electrons. The van der Waals surface area contributed by atoms with Crippen molar-refractivity contribution in [2.75, 3.05) is 13.7 Å². The number of nitrogens with one attached hydrogen (secondary N) is 1. The first kappa shape index (κ1) is 19.4. The lowest BCUT2D eigenvalue weighted by atomic mass is 10.1. The molecule has 7 heteroatoms. The number of aliphatic hydroxyl groups is 1. The summed E-state index contributed by atoms with van der Waals surface area (Å²) in [5.41, 5.74) is 3.46. The Kier molecular flexibility index (Phi) is 5.28. The van der Waals surface area contributed by atoms with Gasteiger partial charge in [-0.3, -0.25) is 0 Å². The second-order valence-corrected chi connectivity index (χ2v) is 8.40. The fraction of sp³-hybridized carbons (Fsp3) is 0.300. The molecule has 3 aromatic rings. The molecule has 0 saturated carbocycles. The minimum Gasteiger partial charge on any atom is -0.495 e. The summed E-state index contributed by atoms with van der Waals surface area (Å²) in [6.07, 6.45) is 0.851. The van der Waals surface area contributed by atoms with Gasteiger partial charge in [-0.2, -0.15) is 0 Å². The molecule has 6 nitrogen and oxygen atoms in total. The molecule has 0 aliphatic rings. The Bertz CT molecular complexity index is 1090. The van der Waals surface area contributed by atoms with Crippen LogP contribution < -0.4 is 9.46 Å². The van der Waals surface area contributed by atoms with Crippen molar-refractivity contribution in [2.24, 2.45) is 7.05 Å². The molecule has 1 aromatic heterocycles. The number of ether oxygens (including phenoxy) is 1. The van der Waals surface area contributed by atoms with Crippen LogP contribution in [0.1, 0.15) is 22.8 Å².